The Labute approximate surface area is 194 Å². The van der Waals surface area contributed by atoms with Crippen molar-refractivity contribution in [3.8, 4) is 5.75 Å². The number of nitrogens with zero attached hydrogens (tertiary/aromatic N) is 1. The smallest absolute Gasteiger partial charge is 0.293 e. The van der Waals surface area contributed by atoms with E-state index in [1.807, 2.05) is 30.3 Å². The molecular formula is C25H19ClFNO3S. The van der Waals surface area contributed by atoms with Crippen LogP contribution in [0.4, 0.5) is 9.18 Å². The second-order valence-corrected chi connectivity index (χ2v) is 8.57. The number of amides is 2. The molecule has 1 aliphatic rings. The maximum absolute atomic E-state index is 13.0. The second kappa shape index (κ2) is 10.0. The van der Waals surface area contributed by atoms with Gasteiger partial charge in [-0.1, -0.05) is 60.1 Å². The molecule has 0 bridgehead atoms. The zero-order valence-corrected chi connectivity index (χ0v) is 18.5. The fraction of sp³-hybridized carbons (Fsp3) is 0.120. The van der Waals surface area contributed by atoms with Crippen molar-refractivity contribution >= 4 is 40.6 Å². The van der Waals surface area contributed by atoms with Gasteiger partial charge in [0.2, 0.25) is 0 Å². The first-order chi connectivity index (χ1) is 15.5. The summed E-state index contributed by atoms with van der Waals surface area (Å²) in [5.41, 5.74) is 2.58. The van der Waals surface area contributed by atoms with Gasteiger partial charge in [-0.05, 0) is 65.2 Å². The van der Waals surface area contributed by atoms with Gasteiger partial charge in [0.25, 0.3) is 11.1 Å². The summed E-state index contributed by atoms with van der Waals surface area (Å²) in [6, 6.07) is 20.9. The number of hydrogen-bond acceptors (Lipinski definition) is 4. The summed E-state index contributed by atoms with van der Waals surface area (Å²) in [5, 5.41) is 0.103. The van der Waals surface area contributed by atoms with Crippen molar-refractivity contribution in [1.29, 1.82) is 0 Å². The van der Waals surface area contributed by atoms with Crippen molar-refractivity contribution < 1.29 is 18.7 Å². The minimum atomic E-state index is -0.305. The molecule has 1 aliphatic heterocycles. The topological polar surface area (TPSA) is 46.6 Å². The number of carbonyl (C=O) groups is 2. The molecule has 3 aromatic rings. The molecule has 0 N–H and O–H groups in total. The number of rotatable bonds is 7. The van der Waals surface area contributed by atoms with Crippen LogP contribution in [0.1, 0.15) is 16.7 Å². The molecule has 0 aliphatic carbocycles. The Morgan fingerprint density at radius 3 is 2.44 bits per heavy atom. The molecule has 7 heteroatoms. The van der Waals surface area contributed by atoms with Crippen LogP contribution < -0.4 is 4.74 Å². The van der Waals surface area contributed by atoms with Gasteiger partial charge in [0.1, 0.15) is 18.2 Å². The number of hydrogen-bond donors (Lipinski definition) is 0. The lowest BCUT2D eigenvalue weighted by molar-refractivity contribution is -0.122. The van der Waals surface area contributed by atoms with Gasteiger partial charge in [-0.15, -0.1) is 0 Å². The molecule has 32 heavy (non-hydrogen) atoms. The molecule has 2 amide bonds. The molecule has 0 saturated carbocycles. The van der Waals surface area contributed by atoms with E-state index < -0.39 is 0 Å². The van der Waals surface area contributed by atoms with E-state index in [2.05, 4.69) is 0 Å². The molecule has 0 radical (unpaired) electrons. The molecule has 1 heterocycles. The molecule has 0 unspecified atom stereocenters. The molecule has 1 saturated heterocycles. The van der Waals surface area contributed by atoms with Crippen molar-refractivity contribution in [2.75, 3.05) is 6.54 Å². The van der Waals surface area contributed by atoms with Crippen LogP contribution in [0.25, 0.3) is 6.08 Å². The highest BCUT2D eigenvalue weighted by Crippen LogP contribution is 2.34. The molecule has 162 valence electrons. The molecule has 4 rings (SSSR count). The normalized spacial score (nSPS) is 14.9. The van der Waals surface area contributed by atoms with Crippen molar-refractivity contribution in [2.24, 2.45) is 0 Å². The highest BCUT2D eigenvalue weighted by atomic mass is 35.5. The number of ether oxygens (including phenoxy) is 1. The van der Waals surface area contributed by atoms with E-state index in [1.165, 1.54) is 17.0 Å². The lowest BCUT2D eigenvalue weighted by atomic mass is 10.1. The molecule has 3 aromatic carbocycles. The SMILES string of the molecule is O=C1S/C(=C\c2ccc(OCc3ccc(F)cc3)c(Cl)c2)C(=O)N1CCc1ccccc1. The predicted molar refractivity (Wildman–Crippen MR) is 125 cm³/mol. The van der Waals surface area contributed by atoms with Crippen molar-refractivity contribution in [3.05, 3.63) is 105 Å². The third kappa shape index (κ3) is 5.39. The van der Waals surface area contributed by atoms with Crippen LogP contribution in [0.3, 0.4) is 0 Å². The summed E-state index contributed by atoms with van der Waals surface area (Å²) >= 11 is 7.26. The maximum Gasteiger partial charge on any atom is 0.293 e. The largest absolute Gasteiger partial charge is 0.487 e. The Morgan fingerprint density at radius 2 is 1.72 bits per heavy atom. The van der Waals surface area contributed by atoms with Gasteiger partial charge in [-0.2, -0.15) is 0 Å². The van der Waals surface area contributed by atoms with E-state index in [0.717, 1.165) is 22.9 Å². The summed E-state index contributed by atoms with van der Waals surface area (Å²) in [6.07, 6.45) is 2.27. The van der Waals surface area contributed by atoms with E-state index in [0.29, 0.717) is 34.2 Å². The van der Waals surface area contributed by atoms with Crippen molar-refractivity contribution in [2.45, 2.75) is 13.0 Å². The van der Waals surface area contributed by atoms with Gasteiger partial charge in [0, 0.05) is 6.54 Å². The Hall–Kier alpha value is -3.09. The van der Waals surface area contributed by atoms with Crippen LogP contribution in [-0.2, 0) is 17.8 Å². The number of imide groups is 1. The van der Waals surface area contributed by atoms with E-state index in [4.69, 9.17) is 16.3 Å². The molecule has 1 fully saturated rings. The van der Waals surface area contributed by atoms with Crippen LogP contribution >= 0.6 is 23.4 Å². The number of thioether (sulfide) groups is 1. The van der Waals surface area contributed by atoms with Gasteiger partial charge < -0.3 is 4.74 Å². The Balaban J connectivity index is 1.40. The average Bonchev–Trinajstić information content (AvgIpc) is 3.06. The summed E-state index contributed by atoms with van der Waals surface area (Å²) < 4.78 is 18.7. The summed E-state index contributed by atoms with van der Waals surface area (Å²) in [5.74, 6) is -0.131. The quantitative estimate of drug-likeness (QED) is 0.380. The Morgan fingerprint density at radius 1 is 0.969 bits per heavy atom. The number of carbonyl (C=O) groups excluding carboxylic acids is 2. The maximum atomic E-state index is 13.0. The van der Waals surface area contributed by atoms with E-state index in [9.17, 15) is 14.0 Å². The predicted octanol–water partition coefficient (Wildman–Crippen LogP) is 6.34. The molecule has 0 spiro atoms. The highest BCUT2D eigenvalue weighted by molar-refractivity contribution is 8.18. The second-order valence-electron chi connectivity index (χ2n) is 7.17. The third-order valence-corrected chi connectivity index (χ3v) is 6.10. The number of halogens is 2. The van der Waals surface area contributed by atoms with Crippen molar-refractivity contribution in [3.63, 3.8) is 0 Å². The molecule has 0 aromatic heterocycles. The fourth-order valence-corrected chi connectivity index (χ4v) is 4.30. The van der Waals surface area contributed by atoms with Gasteiger partial charge in [-0.3, -0.25) is 14.5 Å². The van der Waals surface area contributed by atoms with E-state index in [-0.39, 0.29) is 23.6 Å². The van der Waals surface area contributed by atoms with Crippen molar-refractivity contribution in [1.82, 2.24) is 4.90 Å². The van der Waals surface area contributed by atoms with E-state index >= 15 is 0 Å². The minimum Gasteiger partial charge on any atom is -0.487 e. The van der Waals surface area contributed by atoms with Crippen LogP contribution in [-0.4, -0.2) is 22.6 Å². The summed E-state index contributed by atoms with van der Waals surface area (Å²) in [6.45, 7) is 0.586. The first-order valence-electron chi connectivity index (χ1n) is 9.96. The fourth-order valence-electron chi connectivity index (χ4n) is 3.20. The van der Waals surface area contributed by atoms with Crippen LogP contribution in [0, 0.1) is 5.82 Å². The van der Waals surface area contributed by atoms with Gasteiger partial charge in [0.05, 0.1) is 9.93 Å². The van der Waals surface area contributed by atoms with E-state index in [1.54, 1.807) is 36.4 Å². The first kappa shape index (κ1) is 22.1. The monoisotopic (exact) mass is 467 g/mol. The standard InChI is InChI=1S/C25H19ClFNO3S/c26-21-14-19(8-11-22(21)31-16-18-6-9-20(27)10-7-18)15-23-24(29)28(25(30)32-23)13-12-17-4-2-1-3-5-17/h1-11,14-15H,12-13,16H2/b23-15-. The Kier molecular flexibility index (Phi) is 6.93. The highest BCUT2D eigenvalue weighted by Gasteiger charge is 2.34. The minimum absolute atomic E-state index is 0.250. The average molecular weight is 468 g/mol. The molecule has 0 atom stereocenters. The van der Waals surface area contributed by atoms with Gasteiger partial charge in [0.15, 0.2) is 0 Å². The zero-order chi connectivity index (χ0) is 22.5. The third-order valence-electron chi connectivity index (χ3n) is 4.90. The molecular weight excluding hydrogens is 449 g/mol. The van der Waals surface area contributed by atoms with Crippen LogP contribution in [0.2, 0.25) is 5.02 Å². The zero-order valence-electron chi connectivity index (χ0n) is 17.0. The summed E-state index contributed by atoms with van der Waals surface area (Å²) in [7, 11) is 0. The van der Waals surface area contributed by atoms with Crippen LogP contribution in [0.15, 0.2) is 77.7 Å². The molecule has 4 nitrogen and oxygen atoms in total. The lowest BCUT2D eigenvalue weighted by Crippen LogP contribution is -2.30. The van der Waals surface area contributed by atoms with Gasteiger partial charge >= 0.3 is 0 Å². The number of benzene rings is 3. The first-order valence-corrected chi connectivity index (χ1v) is 11.1. The van der Waals surface area contributed by atoms with Crippen LogP contribution in [0.5, 0.6) is 5.75 Å². The lowest BCUT2D eigenvalue weighted by Gasteiger charge is -2.12. The summed E-state index contributed by atoms with van der Waals surface area (Å²) in [4.78, 5) is 26.7. The Bertz CT molecular complexity index is 1170. The van der Waals surface area contributed by atoms with Gasteiger partial charge in [-0.25, -0.2) is 4.39 Å².